The van der Waals surface area contributed by atoms with Crippen molar-refractivity contribution in [2.24, 2.45) is 0 Å². The van der Waals surface area contributed by atoms with Gasteiger partial charge < -0.3 is 14.4 Å². The maximum absolute atomic E-state index is 12.9. The molecule has 0 aromatic heterocycles. The molecule has 0 saturated carbocycles. The molecule has 0 spiro atoms. The number of hydrogen-bond acceptors (Lipinski definition) is 6. The molecule has 0 radical (unpaired) electrons. The second-order valence-electron chi connectivity index (χ2n) is 6.44. The lowest BCUT2D eigenvalue weighted by atomic mass is 10.0. The van der Waals surface area contributed by atoms with Crippen LogP contribution in [0.5, 0.6) is 5.75 Å². The molecule has 0 heterocycles. The van der Waals surface area contributed by atoms with Gasteiger partial charge in [0.1, 0.15) is 5.75 Å². The van der Waals surface area contributed by atoms with E-state index in [0.717, 1.165) is 0 Å². The van der Waals surface area contributed by atoms with E-state index < -0.39 is 18.5 Å². The Morgan fingerprint density at radius 2 is 1.58 bits per heavy atom. The van der Waals surface area contributed by atoms with Gasteiger partial charge in [-0.1, -0.05) is 48.5 Å². The number of para-hydroxylation sites is 1. The Morgan fingerprint density at radius 3 is 2.19 bits per heavy atom. The number of nitriles is 2. The van der Waals surface area contributed by atoms with Gasteiger partial charge in [0.25, 0.3) is 5.91 Å². The molecule has 0 atom stereocenters. The Morgan fingerprint density at radius 1 is 0.968 bits per heavy atom. The van der Waals surface area contributed by atoms with Gasteiger partial charge in [-0.25, -0.2) is 4.79 Å². The number of hydrogen-bond donors (Lipinski definition) is 0. The Hall–Kier alpha value is -4.10. The highest BCUT2D eigenvalue weighted by molar-refractivity contribution is 6.22. The lowest BCUT2D eigenvalue weighted by Gasteiger charge is -2.20. The van der Waals surface area contributed by atoms with Crippen molar-refractivity contribution in [3.05, 3.63) is 65.7 Å². The largest absolute Gasteiger partial charge is 0.496 e. The molecule has 0 aliphatic heterocycles. The lowest BCUT2D eigenvalue weighted by molar-refractivity contribution is -0.147. The fourth-order valence-corrected chi connectivity index (χ4v) is 2.85. The van der Waals surface area contributed by atoms with Crippen LogP contribution in [0.1, 0.15) is 24.0 Å². The van der Waals surface area contributed by atoms with Gasteiger partial charge in [0.2, 0.25) is 0 Å². The zero-order valence-corrected chi connectivity index (χ0v) is 17.3. The molecular weight excluding hydrogens is 394 g/mol. The average molecular weight is 417 g/mol. The number of amides is 1. The molecule has 0 bridgehead atoms. The van der Waals surface area contributed by atoms with Crippen LogP contribution in [0.15, 0.2) is 54.6 Å². The highest BCUT2D eigenvalue weighted by atomic mass is 16.5. The minimum absolute atomic E-state index is 0.133. The third-order valence-electron chi connectivity index (χ3n) is 4.41. The van der Waals surface area contributed by atoms with Gasteiger partial charge in [-0.3, -0.25) is 4.79 Å². The zero-order valence-electron chi connectivity index (χ0n) is 17.3. The number of methoxy groups -OCH3 is 1. The molecule has 0 N–H and O–H groups in total. The maximum Gasteiger partial charge on any atom is 0.339 e. The van der Waals surface area contributed by atoms with Gasteiger partial charge in [0.15, 0.2) is 6.61 Å². The summed E-state index contributed by atoms with van der Waals surface area (Å²) < 4.78 is 10.7. The van der Waals surface area contributed by atoms with Crippen molar-refractivity contribution in [1.29, 1.82) is 10.5 Å². The minimum atomic E-state index is -0.661. The Balaban J connectivity index is 2.22. The molecule has 2 rings (SSSR count). The van der Waals surface area contributed by atoms with Crippen molar-refractivity contribution in [2.75, 3.05) is 26.8 Å². The van der Waals surface area contributed by atoms with E-state index in [-0.39, 0.29) is 31.5 Å². The first-order valence-corrected chi connectivity index (χ1v) is 9.69. The summed E-state index contributed by atoms with van der Waals surface area (Å²) in [7, 11) is 1.54. The van der Waals surface area contributed by atoms with E-state index >= 15 is 0 Å². The van der Waals surface area contributed by atoms with E-state index in [2.05, 4.69) is 0 Å². The van der Waals surface area contributed by atoms with Crippen LogP contribution in [0, 0.1) is 22.7 Å². The topological polar surface area (TPSA) is 103 Å². The molecule has 2 aromatic carbocycles. The molecule has 0 saturated heterocycles. The van der Waals surface area contributed by atoms with Crippen LogP contribution in [0.4, 0.5) is 0 Å². The third kappa shape index (κ3) is 7.02. The molecule has 0 aliphatic carbocycles. The van der Waals surface area contributed by atoms with Crippen molar-refractivity contribution >= 4 is 23.5 Å². The predicted molar refractivity (Wildman–Crippen MR) is 115 cm³/mol. The summed E-state index contributed by atoms with van der Waals surface area (Å²) >= 11 is 0. The summed E-state index contributed by atoms with van der Waals surface area (Å²) in [6.45, 7) is -0.125. The average Bonchev–Trinajstić information content (AvgIpc) is 2.81. The number of esters is 1. The second kappa shape index (κ2) is 12.5. The van der Waals surface area contributed by atoms with Crippen molar-refractivity contribution in [3.63, 3.8) is 0 Å². The van der Waals surface area contributed by atoms with Gasteiger partial charge in [-0.15, -0.1) is 0 Å². The number of rotatable bonds is 10. The molecule has 31 heavy (non-hydrogen) atoms. The molecule has 7 nitrogen and oxygen atoms in total. The van der Waals surface area contributed by atoms with Crippen LogP contribution in [0.2, 0.25) is 0 Å². The second-order valence-corrected chi connectivity index (χ2v) is 6.44. The number of carbonyl (C=O) groups is 2. The van der Waals surface area contributed by atoms with E-state index in [4.69, 9.17) is 20.0 Å². The monoisotopic (exact) mass is 417 g/mol. The van der Waals surface area contributed by atoms with E-state index in [0.29, 0.717) is 16.9 Å². The van der Waals surface area contributed by atoms with Crippen LogP contribution in [-0.2, 0) is 14.3 Å². The van der Waals surface area contributed by atoms with E-state index in [1.165, 1.54) is 4.90 Å². The van der Waals surface area contributed by atoms with Crippen molar-refractivity contribution in [3.8, 4) is 17.9 Å². The maximum atomic E-state index is 12.9. The van der Waals surface area contributed by atoms with E-state index in [9.17, 15) is 9.59 Å². The van der Waals surface area contributed by atoms with Gasteiger partial charge >= 0.3 is 5.97 Å². The van der Waals surface area contributed by atoms with Gasteiger partial charge in [-0.2, -0.15) is 10.5 Å². The molecule has 7 heteroatoms. The van der Waals surface area contributed by atoms with Gasteiger partial charge in [0.05, 0.1) is 37.7 Å². The SMILES string of the molecule is COc1ccccc1/C=C(/C(=O)OCC(=O)N(CCC#N)CCC#N)c1ccccc1. The molecule has 0 unspecified atom stereocenters. The third-order valence-corrected chi connectivity index (χ3v) is 4.41. The highest BCUT2D eigenvalue weighted by Gasteiger charge is 2.19. The minimum Gasteiger partial charge on any atom is -0.496 e. The summed E-state index contributed by atoms with van der Waals surface area (Å²) in [6, 6.07) is 20.2. The Bertz CT molecular complexity index is 985. The Kier molecular flexibility index (Phi) is 9.32. The molecule has 0 fully saturated rings. The zero-order chi connectivity index (χ0) is 22.5. The molecule has 158 valence electrons. The van der Waals surface area contributed by atoms with Crippen LogP contribution >= 0.6 is 0 Å². The van der Waals surface area contributed by atoms with Gasteiger partial charge in [-0.05, 0) is 17.7 Å². The Labute approximate surface area is 181 Å². The number of carbonyl (C=O) groups excluding carboxylic acids is 2. The summed E-state index contributed by atoms with van der Waals surface area (Å²) in [6.07, 6.45) is 1.92. The number of benzene rings is 2. The fourth-order valence-electron chi connectivity index (χ4n) is 2.85. The number of ether oxygens (including phenoxy) is 2. The normalized spacial score (nSPS) is 10.5. The molecule has 0 aliphatic rings. The summed E-state index contributed by atoms with van der Waals surface area (Å²) in [5.41, 5.74) is 1.60. The van der Waals surface area contributed by atoms with Gasteiger partial charge in [0, 0.05) is 18.7 Å². The van der Waals surface area contributed by atoms with Crippen molar-refractivity contribution in [1.82, 2.24) is 4.90 Å². The summed E-state index contributed by atoms with van der Waals surface area (Å²) in [4.78, 5) is 26.7. The first kappa shape index (κ1) is 23.2. The molecule has 1 amide bonds. The van der Waals surface area contributed by atoms with Crippen LogP contribution in [0.3, 0.4) is 0 Å². The van der Waals surface area contributed by atoms with E-state index in [1.54, 1.807) is 43.5 Å². The lowest BCUT2D eigenvalue weighted by Crippen LogP contribution is -2.36. The first-order chi connectivity index (χ1) is 15.1. The van der Waals surface area contributed by atoms with Crippen molar-refractivity contribution in [2.45, 2.75) is 12.8 Å². The summed E-state index contributed by atoms with van der Waals surface area (Å²) in [5, 5.41) is 17.5. The predicted octanol–water partition coefficient (Wildman–Crippen LogP) is 3.43. The van der Waals surface area contributed by atoms with E-state index in [1.807, 2.05) is 36.4 Å². The highest BCUT2D eigenvalue weighted by Crippen LogP contribution is 2.25. The summed E-state index contributed by atoms with van der Waals surface area (Å²) in [5.74, 6) is -0.520. The molecular formula is C24H23N3O4. The van der Waals surface area contributed by atoms with Crippen LogP contribution in [-0.4, -0.2) is 43.6 Å². The fraction of sp³-hybridized carbons (Fsp3) is 0.250. The van der Waals surface area contributed by atoms with Crippen molar-refractivity contribution < 1.29 is 19.1 Å². The van der Waals surface area contributed by atoms with Crippen LogP contribution < -0.4 is 4.74 Å². The molecule has 2 aromatic rings. The number of nitrogens with zero attached hydrogens (tertiary/aromatic N) is 3. The standard InChI is InChI=1S/C24H23N3O4/c1-30-22-12-6-5-11-20(22)17-21(19-9-3-2-4-10-19)24(29)31-18-23(28)27(15-7-13-25)16-8-14-26/h2-6,9-12,17H,7-8,15-16,18H2,1H3/b21-17+. The smallest absolute Gasteiger partial charge is 0.339 e. The van der Waals surface area contributed by atoms with Crippen LogP contribution in [0.25, 0.3) is 11.6 Å². The quantitative estimate of drug-likeness (QED) is 0.333. The first-order valence-electron chi connectivity index (χ1n) is 9.69.